The second-order valence-electron chi connectivity index (χ2n) is 5.36. The number of fused-ring (bicyclic) bond motifs is 1. The van der Waals surface area contributed by atoms with Crippen LogP contribution in [0.2, 0.25) is 0 Å². The van der Waals surface area contributed by atoms with Crippen molar-refractivity contribution in [2.75, 3.05) is 5.32 Å². The van der Waals surface area contributed by atoms with Crippen LogP contribution in [0.3, 0.4) is 0 Å². The fraction of sp³-hybridized carbons (Fsp3) is 0.353. The van der Waals surface area contributed by atoms with Crippen molar-refractivity contribution < 1.29 is 4.79 Å². The first-order valence-electron chi connectivity index (χ1n) is 7.51. The third-order valence-electron chi connectivity index (χ3n) is 3.96. The summed E-state index contributed by atoms with van der Waals surface area (Å²) in [6.07, 6.45) is 6.58. The zero-order valence-electron chi connectivity index (χ0n) is 12.2. The van der Waals surface area contributed by atoms with E-state index in [1.807, 2.05) is 24.3 Å². The summed E-state index contributed by atoms with van der Waals surface area (Å²) in [4.78, 5) is 20.9. The fourth-order valence-corrected chi connectivity index (χ4v) is 2.73. The van der Waals surface area contributed by atoms with E-state index in [4.69, 9.17) is 0 Å². The van der Waals surface area contributed by atoms with E-state index in [0.717, 1.165) is 49.0 Å². The van der Waals surface area contributed by atoms with E-state index in [0.29, 0.717) is 5.69 Å². The molecule has 0 saturated heterocycles. The predicted molar refractivity (Wildman–Crippen MR) is 82.4 cm³/mol. The number of amides is 1. The summed E-state index contributed by atoms with van der Waals surface area (Å²) < 4.78 is 0. The molecular weight excluding hydrogens is 262 g/mol. The summed E-state index contributed by atoms with van der Waals surface area (Å²) in [7, 11) is 0. The number of aryl methyl sites for hydroxylation is 2. The van der Waals surface area contributed by atoms with E-state index in [1.54, 1.807) is 0 Å². The minimum Gasteiger partial charge on any atom is -0.321 e. The SMILES string of the molecule is CCc1ccc(NC(=O)c2ncnc3c2CCCC3)cc1. The van der Waals surface area contributed by atoms with Crippen LogP contribution in [0, 0.1) is 0 Å². The van der Waals surface area contributed by atoms with Crippen LogP contribution in [0.4, 0.5) is 5.69 Å². The van der Waals surface area contributed by atoms with Gasteiger partial charge in [0.1, 0.15) is 12.0 Å². The van der Waals surface area contributed by atoms with Crippen LogP contribution < -0.4 is 5.32 Å². The zero-order valence-corrected chi connectivity index (χ0v) is 12.2. The average molecular weight is 281 g/mol. The first-order valence-corrected chi connectivity index (χ1v) is 7.51. The molecule has 1 aromatic heterocycles. The van der Waals surface area contributed by atoms with Crippen molar-refractivity contribution in [2.24, 2.45) is 0 Å². The van der Waals surface area contributed by atoms with Crippen LogP contribution in [0.15, 0.2) is 30.6 Å². The normalized spacial score (nSPS) is 13.6. The summed E-state index contributed by atoms with van der Waals surface area (Å²) in [5.41, 5.74) is 4.64. The summed E-state index contributed by atoms with van der Waals surface area (Å²) in [6.45, 7) is 2.11. The molecule has 4 heteroatoms. The Balaban J connectivity index is 1.82. The molecule has 1 aliphatic rings. The molecule has 4 nitrogen and oxygen atoms in total. The van der Waals surface area contributed by atoms with Crippen molar-refractivity contribution in [1.82, 2.24) is 9.97 Å². The van der Waals surface area contributed by atoms with Crippen molar-refractivity contribution >= 4 is 11.6 Å². The molecule has 1 N–H and O–H groups in total. The number of nitrogens with zero attached hydrogens (tertiary/aromatic N) is 2. The number of aromatic nitrogens is 2. The Morgan fingerprint density at radius 3 is 2.67 bits per heavy atom. The maximum Gasteiger partial charge on any atom is 0.274 e. The summed E-state index contributed by atoms with van der Waals surface area (Å²) in [5, 5.41) is 2.93. The fourth-order valence-electron chi connectivity index (χ4n) is 2.73. The van der Waals surface area contributed by atoms with E-state index in [9.17, 15) is 4.79 Å². The number of carbonyl (C=O) groups is 1. The van der Waals surface area contributed by atoms with E-state index >= 15 is 0 Å². The quantitative estimate of drug-likeness (QED) is 0.940. The molecule has 0 bridgehead atoms. The number of nitrogens with one attached hydrogen (secondary N) is 1. The minimum absolute atomic E-state index is 0.139. The Kier molecular flexibility index (Phi) is 3.95. The third kappa shape index (κ3) is 2.94. The molecule has 3 rings (SSSR count). The maximum absolute atomic E-state index is 12.4. The molecule has 1 aromatic carbocycles. The molecule has 0 aliphatic heterocycles. The summed E-state index contributed by atoms with van der Waals surface area (Å²) >= 11 is 0. The minimum atomic E-state index is -0.139. The number of rotatable bonds is 3. The van der Waals surface area contributed by atoms with Gasteiger partial charge in [-0.05, 0) is 49.8 Å². The van der Waals surface area contributed by atoms with Crippen molar-refractivity contribution in [1.29, 1.82) is 0 Å². The second-order valence-corrected chi connectivity index (χ2v) is 5.36. The van der Waals surface area contributed by atoms with Gasteiger partial charge in [-0.25, -0.2) is 9.97 Å². The standard InChI is InChI=1S/C17H19N3O/c1-2-12-7-9-13(10-8-12)20-17(21)16-14-5-3-4-6-15(14)18-11-19-16/h7-11H,2-6H2,1H3,(H,20,21). The first kappa shape index (κ1) is 13.7. The lowest BCUT2D eigenvalue weighted by molar-refractivity contribution is 0.102. The highest BCUT2D eigenvalue weighted by Gasteiger charge is 2.20. The molecular formula is C17H19N3O. The van der Waals surface area contributed by atoms with Crippen LogP contribution in [-0.4, -0.2) is 15.9 Å². The van der Waals surface area contributed by atoms with Gasteiger partial charge in [-0.3, -0.25) is 4.79 Å². The van der Waals surface area contributed by atoms with Crippen LogP contribution in [0.25, 0.3) is 0 Å². The van der Waals surface area contributed by atoms with Gasteiger partial charge in [0.25, 0.3) is 5.91 Å². The van der Waals surface area contributed by atoms with Gasteiger partial charge in [-0.1, -0.05) is 19.1 Å². The molecule has 2 aromatic rings. The van der Waals surface area contributed by atoms with Crippen molar-refractivity contribution in [3.63, 3.8) is 0 Å². The lowest BCUT2D eigenvalue weighted by atomic mass is 9.94. The lowest BCUT2D eigenvalue weighted by Gasteiger charge is -2.16. The highest BCUT2D eigenvalue weighted by Crippen LogP contribution is 2.22. The summed E-state index contributed by atoms with van der Waals surface area (Å²) in [6, 6.07) is 7.94. The Morgan fingerprint density at radius 1 is 1.14 bits per heavy atom. The number of anilines is 1. The second kappa shape index (κ2) is 6.04. The zero-order chi connectivity index (χ0) is 14.7. The third-order valence-corrected chi connectivity index (χ3v) is 3.96. The van der Waals surface area contributed by atoms with E-state index in [-0.39, 0.29) is 5.91 Å². The Morgan fingerprint density at radius 2 is 1.90 bits per heavy atom. The van der Waals surface area contributed by atoms with Gasteiger partial charge in [0, 0.05) is 16.9 Å². The Labute approximate surface area is 124 Å². The molecule has 0 saturated carbocycles. The topological polar surface area (TPSA) is 54.9 Å². The van der Waals surface area contributed by atoms with Crippen LogP contribution in [0.1, 0.15) is 47.1 Å². The van der Waals surface area contributed by atoms with Gasteiger partial charge in [0.2, 0.25) is 0 Å². The Bertz CT molecular complexity index is 650. The van der Waals surface area contributed by atoms with Gasteiger partial charge in [-0.15, -0.1) is 0 Å². The molecule has 1 amide bonds. The molecule has 0 radical (unpaired) electrons. The van der Waals surface area contributed by atoms with Crippen LogP contribution in [-0.2, 0) is 19.3 Å². The highest BCUT2D eigenvalue weighted by atomic mass is 16.1. The van der Waals surface area contributed by atoms with E-state index in [2.05, 4.69) is 22.2 Å². The molecule has 21 heavy (non-hydrogen) atoms. The molecule has 0 fully saturated rings. The van der Waals surface area contributed by atoms with Crippen molar-refractivity contribution in [2.45, 2.75) is 39.0 Å². The first-order chi connectivity index (χ1) is 10.3. The molecule has 0 spiro atoms. The van der Waals surface area contributed by atoms with Gasteiger partial charge in [0.05, 0.1) is 0 Å². The number of benzene rings is 1. The number of carbonyl (C=O) groups excluding carboxylic acids is 1. The van der Waals surface area contributed by atoms with Crippen LogP contribution in [0.5, 0.6) is 0 Å². The van der Waals surface area contributed by atoms with Gasteiger partial charge in [-0.2, -0.15) is 0 Å². The molecule has 1 aliphatic carbocycles. The van der Waals surface area contributed by atoms with Crippen molar-refractivity contribution in [3.8, 4) is 0 Å². The number of hydrogen-bond donors (Lipinski definition) is 1. The van der Waals surface area contributed by atoms with E-state index < -0.39 is 0 Å². The van der Waals surface area contributed by atoms with Gasteiger partial charge >= 0.3 is 0 Å². The van der Waals surface area contributed by atoms with Crippen LogP contribution >= 0.6 is 0 Å². The molecule has 0 atom stereocenters. The van der Waals surface area contributed by atoms with Gasteiger partial charge < -0.3 is 5.32 Å². The van der Waals surface area contributed by atoms with Gasteiger partial charge in [0.15, 0.2) is 0 Å². The maximum atomic E-state index is 12.4. The largest absolute Gasteiger partial charge is 0.321 e. The molecule has 0 unspecified atom stereocenters. The Hall–Kier alpha value is -2.23. The molecule has 108 valence electrons. The lowest BCUT2D eigenvalue weighted by Crippen LogP contribution is -2.20. The van der Waals surface area contributed by atoms with E-state index in [1.165, 1.54) is 11.9 Å². The monoisotopic (exact) mass is 281 g/mol. The van der Waals surface area contributed by atoms with Crippen molar-refractivity contribution in [3.05, 3.63) is 53.1 Å². The summed E-state index contributed by atoms with van der Waals surface area (Å²) in [5.74, 6) is -0.139. The predicted octanol–water partition coefficient (Wildman–Crippen LogP) is 3.17. The smallest absolute Gasteiger partial charge is 0.274 e. The average Bonchev–Trinajstić information content (AvgIpc) is 2.55. The number of hydrogen-bond acceptors (Lipinski definition) is 3. The highest BCUT2D eigenvalue weighted by molar-refractivity contribution is 6.04. The molecule has 1 heterocycles.